The van der Waals surface area contributed by atoms with Gasteiger partial charge in [0, 0.05) is 0 Å². The van der Waals surface area contributed by atoms with E-state index in [1.165, 1.54) is 0 Å². The zero-order valence-electron chi connectivity index (χ0n) is 5.54. The molecule has 0 aromatic rings. The molecule has 0 nitrogen and oxygen atoms in total. The van der Waals surface area contributed by atoms with Crippen molar-refractivity contribution in [1.29, 1.82) is 0 Å². The minimum atomic E-state index is -4.02. The van der Waals surface area contributed by atoms with E-state index in [9.17, 15) is 26.3 Å². The summed E-state index contributed by atoms with van der Waals surface area (Å²) in [4.78, 5) is 0. The summed E-state index contributed by atoms with van der Waals surface area (Å²) in [5.41, 5.74) is 0. The smallest absolute Gasteiger partial charge is 0.210 e. The summed E-state index contributed by atoms with van der Waals surface area (Å²) < 4.78 is 73.0. The van der Waals surface area contributed by atoms with Crippen LogP contribution in [0.1, 0.15) is 0 Å². The molecule has 1 unspecified atom stereocenters. The van der Waals surface area contributed by atoms with Crippen LogP contribution >= 0.6 is 11.8 Å². The molecule has 0 aromatic carbocycles. The number of hydrogen-bond acceptors (Lipinski definition) is 1. The lowest BCUT2D eigenvalue weighted by molar-refractivity contribution is -0.155. The summed E-state index contributed by atoms with van der Waals surface area (Å²) in [7, 11) is 0. The molecule has 1 heterocycles. The minimum absolute atomic E-state index is 0.420. The van der Waals surface area contributed by atoms with Crippen molar-refractivity contribution in [2.24, 2.45) is 5.92 Å². The lowest BCUT2D eigenvalue weighted by Gasteiger charge is -2.21. The van der Waals surface area contributed by atoms with Crippen LogP contribution in [-0.2, 0) is 0 Å². The second-order valence-corrected chi connectivity index (χ2v) is 3.55. The molecule has 0 aliphatic carbocycles. The fourth-order valence-electron chi connectivity index (χ4n) is 0.949. The van der Waals surface area contributed by atoms with Crippen molar-refractivity contribution in [2.45, 2.75) is 17.6 Å². The predicted octanol–water partition coefficient (Wildman–Crippen LogP) is 2.84. The summed E-state index contributed by atoms with van der Waals surface area (Å²) in [5.74, 6) is -8.35. The molecule has 1 saturated heterocycles. The van der Waals surface area contributed by atoms with Gasteiger partial charge in [0.05, 0.1) is 5.75 Å². The summed E-state index contributed by atoms with van der Waals surface area (Å²) in [6, 6.07) is 0. The summed E-state index contributed by atoms with van der Waals surface area (Å²) >= 11 is -0.420. The molecule has 1 fully saturated rings. The van der Waals surface area contributed by atoms with Crippen molar-refractivity contribution in [3.8, 4) is 0 Å². The van der Waals surface area contributed by atoms with Crippen LogP contribution in [0.15, 0.2) is 0 Å². The third-order valence-electron chi connectivity index (χ3n) is 1.53. The standard InChI is InChI=1S/C5H4F6S/c6-3(7)2-4(8,9)1-12-5(2,10)11/h2-3H,1H2. The Kier molecular flexibility index (Phi) is 2.26. The Hall–Kier alpha value is -0.0700. The average Bonchev–Trinajstić information content (AvgIpc) is 2.01. The number of alkyl halides is 6. The maximum Gasteiger partial charge on any atom is 0.308 e. The maximum absolute atomic E-state index is 12.4. The highest BCUT2D eigenvalue weighted by Gasteiger charge is 2.65. The van der Waals surface area contributed by atoms with Gasteiger partial charge in [0.25, 0.3) is 12.3 Å². The molecule has 0 saturated carbocycles. The molecule has 0 radical (unpaired) electrons. The quantitative estimate of drug-likeness (QED) is 0.599. The van der Waals surface area contributed by atoms with Crippen molar-refractivity contribution in [2.75, 3.05) is 5.75 Å². The molecule has 7 heteroatoms. The normalized spacial score (nSPS) is 32.8. The highest BCUT2D eigenvalue weighted by molar-refractivity contribution is 8.00. The molecule has 12 heavy (non-hydrogen) atoms. The molecule has 1 atom stereocenters. The lowest BCUT2D eigenvalue weighted by atomic mass is 10.0. The largest absolute Gasteiger partial charge is 0.308 e. The van der Waals surface area contributed by atoms with E-state index in [1.807, 2.05) is 0 Å². The molecule has 0 spiro atoms. The monoisotopic (exact) mass is 210 g/mol. The highest BCUT2D eigenvalue weighted by atomic mass is 32.2. The first-order valence-corrected chi connectivity index (χ1v) is 3.93. The molecule has 1 aliphatic rings. The van der Waals surface area contributed by atoms with Gasteiger partial charge in [-0.1, -0.05) is 11.8 Å². The average molecular weight is 210 g/mol. The van der Waals surface area contributed by atoms with Crippen LogP contribution in [0.4, 0.5) is 26.3 Å². The Morgan fingerprint density at radius 1 is 1.17 bits per heavy atom. The van der Waals surface area contributed by atoms with Crippen LogP contribution in [0, 0.1) is 5.92 Å². The first kappa shape index (κ1) is 10.0. The maximum atomic E-state index is 12.4. The van der Waals surface area contributed by atoms with E-state index in [0.29, 0.717) is 0 Å². The van der Waals surface area contributed by atoms with Gasteiger partial charge in [-0.2, -0.15) is 8.78 Å². The van der Waals surface area contributed by atoms with Gasteiger partial charge in [-0.15, -0.1) is 0 Å². The van der Waals surface area contributed by atoms with E-state index in [2.05, 4.69) is 0 Å². The molecular formula is C5H4F6S. The fraction of sp³-hybridized carbons (Fsp3) is 1.00. The first-order valence-electron chi connectivity index (χ1n) is 2.95. The van der Waals surface area contributed by atoms with E-state index < -0.39 is 41.0 Å². The number of rotatable bonds is 1. The van der Waals surface area contributed by atoms with Crippen LogP contribution < -0.4 is 0 Å². The second kappa shape index (κ2) is 2.71. The van der Waals surface area contributed by atoms with Gasteiger partial charge in [-0.25, -0.2) is 17.6 Å². The van der Waals surface area contributed by atoms with Gasteiger partial charge in [-0.3, -0.25) is 0 Å². The van der Waals surface area contributed by atoms with Gasteiger partial charge in [0.15, 0.2) is 5.92 Å². The van der Waals surface area contributed by atoms with Gasteiger partial charge < -0.3 is 0 Å². The van der Waals surface area contributed by atoms with Crippen molar-refractivity contribution in [3.05, 3.63) is 0 Å². The SMILES string of the molecule is FC(F)C1C(F)(F)CSC1(F)F. The van der Waals surface area contributed by atoms with E-state index in [1.54, 1.807) is 0 Å². The van der Waals surface area contributed by atoms with Gasteiger partial charge in [0.1, 0.15) is 0 Å². The lowest BCUT2D eigenvalue weighted by Crippen LogP contribution is -2.38. The van der Waals surface area contributed by atoms with Crippen LogP contribution in [-0.4, -0.2) is 23.4 Å². The second-order valence-electron chi connectivity index (χ2n) is 2.42. The molecular weight excluding hydrogens is 206 g/mol. The van der Waals surface area contributed by atoms with Crippen LogP contribution in [0.25, 0.3) is 0 Å². The van der Waals surface area contributed by atoms with Gasteiger partial charge in [-0.05, 0) is 0 Å². The van der Waals surface area contributed by atoms with Crippen molar-refractivity contribution in [3.63, 3.8) is 0 Å². The summed E-state index contributed by atoms with van der Waals surface area (Å²) in [6.07, 6.45) is -3.69. The molecule has 0 aromatic heterocycles. The summed E-state index contributed by atoms with van der Waals surface area (Å²) in [6.45, 7) is 0. The van der Waals surface area contributed by atoms with Crippen molar-refractivity contribution >= 4 is 11.8 Å². The van der Waals surface area contributed by atoms with Crippen LogP contribution in [0.2, 0.25) is 0 Å². The fourth-order valence-corrected chi connectivity index (χ4v) is 1.97. The number of thioether (sulfide) groups is 1. The van der Waals surface area contributed by atoms with E-state index >= 15 is 0 Å². The van der Waals surface area contributed by atoms with Crippen LogP contribution in [0.3, 0.4) is 0 Å². The third-order valence-corrected chi connectivity index (χ3v) is 2.69. The first-order chi connectivity index (χ1) is 5.27. The number of hydrogen-bond donors (Lipinski definition) is 0. The van der Waals surface area contributed by atoms with Crippen molar-refractivity contribution in [1.82, 2.24) is 0 Å². The van der Waals surface area contributed by atoms with Gasteiger partial charge >= 0.3 is 5.25 Å². The Labute approximate surface area is 68.3 Å². The van der Waals surface area contributed by atoms with Crippen LogP contribution in [0.5, 0.6) is 0 Å². The Bertz CT molecular complexity index is 163. The Morgan fingerprint density at radius 2 is 1.67 bits per heavy atom. The molecule has 1 aliphatic heterocycles. The number of halogens is 6. The Morgan fingerprint density at radius 3 is 1.83 bits per heavy atom. The zero-order valence-corrected chi connectivity index (χ0v) is 6.35. The molecule has 0 amide bonds. The Balaban J connectivity index is 2.89. The molecule has 1 rings (SSSR count). The predicted molar refractivity (Wildman–Crippen MR) is 31.8 cm³/mol. The third kappa shape index (κ3) is 1.51. The highest BCUT2D eigenvalue weighted by Crippen LogP contribution is 2.55. The minimum Gasteiger partial charge on any atom is -0.210 e. The van der Waals surface area contributed by atoms with Gasteiger partial charge in [0.2, 0.25) is 0 Å². The van der Waals surface area contributed by atoms with E-state index in [0.717, 1.165) is 0 Å². The topological polar surface area (TPSA) is 0 Å². The van der Waals surface area contributed by atoms with E-state index in [4.69, 9.17) is 0 Å². The van der Waals surface area contributed by atoms with Crippen molar-refractivity contribution < 1.29 is 26.3 Å². The zero-order chi connectivity index (χ0) is 9.57. The summed E-state index contributed by atoms with van der Waals surface area (Å²) in [5, 5.41) is -4.02. The molecule has 0 N–H and O–H groups in total. The van der Waals surface area contributed by atoms with E-state index in [-0.39, 0.29) is 0 Å². The molecule has 0 bridgehead atoms. The molecule has 72 valence electrons.